The Morgan fingerprint density at radius 2 is 1.86 bits per heavy atom. The van der Waals surface area contributed by atoms with Gasteiger partial charge in [-0.1, -0.05) is 37.6 Å². The fraction of sp³-hybridized carbons (Fsp3) is 0.611. The third kappa shape index (κ3) is 3.53. The molecule has 21 heavy (non-hydrogen) atoms. The minimum absolute atomic E-state index is 0.159. The van der Waals surface area contributed by atoms with Crippen LogP contribution in [0.3, 0.4) is 0 Å². The second-order valence-corrected chi connectivity index (χ2v) is 6.43. The highest BCUT2D eigenvalue weighted by Gasteiger charge is 2.35. The summed E-state index contributed by atoms with van der Waals surface area (Å²) in [7, 11) is 0. The van der Waals surface area contributed by atoms with Crippen molar-refractivity contribution in [2.45, 2.75) is 51.1 Å². The van der Waals surface area contributed by atoms with Gasteiger partial charge in [-0.2, -0.15) is 0 Å². The summed E-state index contributed by atoms with van der Waals surface area (Å²) in [5.41, 5.74) is 2.21. The minimum Gasteiger partial charge on any atom is -0.378 e. The number of aryl methyl sites for hydroxylation is 1. The van der Waals surface area contributed by atoms with Gasteiger partial charge in [0.2, 0.25) is 0 Å². The summed E-state index contributed by atoms with van der Waals surface area (Å²) < 4.78 is 5.55. The molecule has 1 aromatic rings. The van der Waals surface area contributed by atoms with Crippen LogP contribution in [0.25, 0.3) is 0 Å². The van der Waals surface area contributed by atoms with Crippen molar-refractivity contribution in [1.82, 2.24) is 5.32 Å². The third-order valence-corrected chi connectivity index (χ3v) is 4.68. The number of fused-ring (bicyclic) bond motifs is 2. The van der Waals surface area contributed by atoms with Crippen molar-refractivity contribution >= 4 is 5.78 Å². The number of rotatable bonds is 5. The van der Waals surface area contributed by atoms with E-state index < -0.39 is 0 Å². The molecule has 2 bridgehead atoms. The highest BCUT2D eigenvalue weighted by atomic mass is 16.5. The quantitative estimate of drug-likeness (QED) is 0.846. The van der Waals surface area contributed by atoms with Crippen molar-refractivity contribution < 1.29 is 9.53 Å². The van der Waals surface area contributed by atoms with Crippen molar-refractivity contribution in [2.24, 2.45) is 5.92 Å². The van der Waals surface area contributed by atoms with E-state index in [0.29, 0.717) is 17.9 Å². The van der Waals surface area contributed by atoms with E-state index in [1.165, 1.54) is 18.4 Å². The van der Waals surface area contributed by atoms with Crippen LogP contribution >= 0.6 is 0 Å². The predicted molar refractivity (Wildman–Crippen MR) is 83.6 cm³/mol. The van der Waals surface area contributed by atoms with E-state index in [4.69, 9.17) is 4.74 Å². The van der Waals surface area contributed by atoms with E-state index >= 15 is 0 Å². The van der Waals surface area contributed by atoms with E-state index in [1.807, 2.05) is 12.1 Å². The van der Waals surface area contributed by atoms with E-state index in [1.54, 1.807) is 0 Å². The summed E-state index contributed by atoms with van der Waals surface area (Å²) >= 11 is 0. The number of hydrogen-bond donors (Lipinski definition) is 1. The van der Waals surface area contributed by atoms with E-state index in [-0.39, 0.29) is 5.92 Å². The standard InChI is InChI=1S/C18H25NO2/c1-2-3-4-13-5-7-14(8-6-13)18(20)15-9-16-11-21-12-17(10-15)19-16/h5-8,15-17,19H,2-4,9-12H2,1H3. The van der Waals surface area contributed by atoms with Gasteiger partial charge in [0.25, 0.3) is 0 Å². The number of carbonyl (C=O) groups excluding carboxylic acids is 1. The van der Waals surface area contributed by atoms with Gasteiger partial charge in [0, 0.05) is 23.6 Å². The summed E-state index contributed by atoms with van der Waals surface area (Å²) in [5, 5.41) is 3.54. The molecule has 1 N–H and O–H groups in total. The summed E-state index contributed by atoms with van der Waals surface area (Å²) in [6.45, 7) is 3.70. The monoisotopic (exact) mass is 287 g/mol. The average molecular weight is 287 g/mol. The maximum absolute atomic E-state index is 12.7. The molecule has 2 heterocycles. The Labute approximate surface area is 127 Å². The second-order valence-electron chi connectivity index (χ2n) is 6.43. The van der Waals surface area contributed by atoms with Crippen LogP contribution in [-0.2, 0) is 11.2 Å². The number of benzene rings is 1. The van der Waals surface area contributed by atoms with Gasteiger partial charge in [0.15, 0.2) is 5.78 Å². The zero-order chi connectivity index (χ0) is 14.7. The first-order valence-corrected chi connectivity index (χ1v) is 8.23. The molecule has 0 radical (unpaired) electrons. The maximum Gasteiger partial charge on any atom is 0.166 e. The van der Waals surface area contributed by atoms with Crippen molar-refractivity contribution in [1.29, 1.82) is 0 Å². The number of nitrogens with one attached hydrogen (secondary N) is 1. The van der Waals surface area contributed by atoms with Gasteiger partial charge < -0.3 is 10.1 Å². The lowest BCUT2D eigenvalue weighted by Gasteiger charge is -2.39. The van der Waals surface area contributed by atoms with Crippen molar-refractivity contribution in [3.05, 3.63) is 35.4 Å². The molecular weight excluding hydrogens is 262 g/mol. The highest BCUT2D eigenvalue weighted by Crippen LogP contribution is 2.27. The van der Waals surface area contributed by atoms with Crippen molar-refractivity contribution in [3.63, 3.8) is 0 Å². The number of Topliss-reactive ketones (excluding diaryl/α,β-unsaturated/α-hetero) is 1. The number of piperidine rings is 1. The summed E-state index contributed by atoms with van der Waals surface area (Å²) in [6, 6.07) is 8.98. The first kappa shape index (κ1) is 14.7. The second kappa shape index (κ2) is 6.71. The molecule has 3 rings (SSSR count). The topological polar surface area (TPSA) is 38.3 Å². The molecule has 0 amide bonds. The van der Waals surface area contributed by atoms with Gasteiger partial charge in [-0.15, -0.1) is 0 Å². The maximum atomic E-state index is 12.7. The lowest BCUT2D eigenvalue weighted by atomic mass is 9.82. The molecule has 3 nitrogen and oxygen atoms in total. The van der Waals surface area contributed by atoms with Gasteiger partial charge in [0.1, 0.15) is 0 Å². The summed E-state index contributed by atoms with van der Waals surface area (Å²) in [4.78, 5) is 12.7. The molecule has 2 atom stereocenters. The van der Waals surface area contributed by atoms with Crippen LogP contribution in [0.1, 0.15) is 48.5 Å². The Balaban J connectivity index is 1.64. The van der Waals surface area contributed by atoms with E-state index in [2.05, 4.69) is 24.4 Å². The Hall–Kier alpha value is -1.19. The fourth-order valence-corrected chi connectivity index (χ4v) is 3.50. The van der Waals surface area contributed by atoms with Crippen LogP contribution in [0.5, 0.6) is 0 Å². The van der Waals surface area contributed by atoms with Crippen LogP contribution in [0.2, 0.25) is 0 Å². The Bertz CT molecular complexity index is 470. The first-order valence-electron chi connectivity index (χ1n) is 8.23. The number of carbonyl (C=O) groups is 1. The van der Waals surface area contributed by atoms with Crippen LogP contribution in [-0.4, -0.2) is 31.1 Å². The molecular formula is C18H25NO2. The van der Waals surface area contributed by atoms with Crippen LogP contribution < -0.4 is 5.32 Å². The Kier molecular flexibility index (Phi) is 4.71. The largest absolute Gasteiger partial charge is 0.378 e. The van der Waals surface area contributed by atoms with Gasteiger partial charge in [-0.25, -0.2) is 0 Å². The molecule has 3 heteroatoms. The minimum atomic E-state index is 0.159. The molecule has 2 fully saturated rings. The average Bonchev–Trinajstić information content (AvgIpc) is 2.52. The van der Waals surface area contributed by atoms with Crippen LogP contribution in [0, 0.1) is 5.92 Å². The molecule has 0 spiro atoms. The molecule has 0 saturated carbocycles. The van der Waals surface area contributed by atoms with Gasteiger partial charge in [0.05, 0.1) is 13.2 Å². The molecule has 114 valence electrons. The molecule has 2 aliphatic heterocycles. The van der Waals surface area contributed by atoms with Gasteiger partial charge in [-0.05, 0) is 31.2 Å². The SMILES string of the molecule is CCCCc1ccc(C(=O)C2CC3COCC(C2)N3)cc1. The molecule has 0 aromatic heterocycles. The van der Waals surface area contributed by atoms with Gasteiger partial charge in [-0.3, -0.25) is 4.79 Å². The molecule has 2 saturated heterocycles. The number of hydrogen-bond acceptors (Lipinski definition) is 3. The number of unbranched alkanes of at least 4 members (excludes halogenated alkanes) is 1. The molecule has 2 unspecified atom stereocenters. The van der Waals surface area contributed by atoms with Crippen LogP contribution in [0.15, 0.2) is 24.3 Å². The van der Waals surface area contributed by atoms with E-state index in [9.17, 15) is 4.79 Å². The third-order valence-electron chi connectivity index (χ3n) is 4.68. The fourth-order valence-electron chi connectivity index (χ4n) is 3.50. The zero-order valence-electron chi connectivity index (χ0n) is 12.8. The van der Waals surface area contributed by atoms with E-state index in [0.717, 1.165) is 38.0 Å². The number of ketones is 1. The summed E-state index contributed by atoms with van der Waals surface area (Å²) in [6.07, 6.45) is 5.35. The first-order chi connectivity index (χ1) is 10.3. The zero-order valence-corrected chi connectivity index (χ0v) is 12.8. The summed E-state index contributed by atoms with van der Waals surface area (Å²) in [5.74, 6) is 0.474. The smallest absolute Gasteiger partial charge is 0.166 e. The lowest BCUT2D eigenvalue weighted by Crippen LogP contribution is -2.55. The Morgan fingerprint density at radius 3 is 2.48 bits per heavy atom. The molecule has 0 aliphatic carbocycles. The lowest BCUT2D eigenvalue weighted by molar-refractivity contribution is 0.00953. The van der Waals surface area contributed by atoms with Crippen molar-refractivity contribution in [2.75, 3.05) is 13.2 Å². The predicted octanol–water partition coefficient (Wildman–Crippen LogP) is 2.98. The highest BCUT2D eigenvalue weighted by molar-refractivity contribution is 5.98. The molecule has 2 aliphatic rings. The van der Waals surface area contributed by atoms with Gasteiger partial charge >= 0.3 is 0 Å². The van der Waals surface area contributed by atoms with Crippen LogP contribution in [0.4, 0.5) is 0 Å². The number of morpholine rings is 1. The van der Waals surface area contributed by atoms with Crippen molar-refractivity contribution in [3.8, 4) is 0 Å². The Morgan fingerprint density at radius 1 is 1.19 bits per heavy atom. The number of ether oxygens (including phenoxy) is 1. The normalized spacial score (nSPS) is 28.3. The molecule has 1 aromatic carbocycles.